The minimum Gasteiger partial charge on any atom is -0.233 e. The SMILES string of the molecule is Cc1ccc(/C=C/c2nc(C)c3ccc(C(C)C)cc3n2)cc1. The minimum absolute atomic E-state index is 0.501. The normalized spacial score (nSPS) is 11.7. The maximum Gasteiger partial charge on any atom is 0.152 e. The Hall–Kier alpha value is -2.48. The van der Waals surface area contributed by atoms with Crippen molar-refractivity contribution >= 4 is 23.1 Å². The largest absolute Gasteiger partial charge is 0.233 e. The average molecular weight is 302 g/mol. The third kappa shape index (κ3) is 3.48. The average Bonchev–Trinajstić information content (AvgIpc) is 2.54. The second-order valence-corrected chi connectivity index (χ2v) is 6.34. The fraction of sp³-hybridized carbons (Fsp3) is 0.238. The Morgan fingerprint density at radius 3 is 2.30 bits per heavy atom. The van der Waals surface area contributed by atoms with Gasteiger partial charge in [0.15, 0.2) is 5.82 Å². The summed E-state index contributed by atoms with van der Waals surface area (Å²) in [5.41, 5.74) is 5.78. The Kier molecular flexibility index (Phi) is 4.24. The number of hydrogen-bond acceptors (Lipinski definition) is 2. The predicted molar refractivity (Wildman–Crippen MR) is 98.5 cm³/mol. The van der Waals surface area contributed by atoms with Crippen molar-refractivity contribution in [2.24, 2.45) is 0 Å². The topological polar surface area (TPSA) is 25.8 Å². The lowest BCUT2D eigenvalue weighted by molar-refractivity contribution is 0.867. The minimum atomic E-state index is 0.501. The van der Waals surface area contributed by atoms with Crippen molar-refractivity contribution in [1.82, 2.24) is 9.97 Å². The van der Waals surface area contributed by atoms with Crippen LogP contribution in [0.3, 0.4) is 0 Å². The van der Waals surface area contributed by atoms with E-state index >= 15 is 0 Å². The van der Waals surface area contributed by atoms with Gasteiger partial charge in [0.25, 0.3) is 0 Å². The molecule has 116 valence electrons. The maximum absolute atomic E-state index is 4.71. The van der Waals surface area contributed by atoms with E-state index in [1.165, 1.54) is 11.1 Å². The Bertz CT molecular complexity index is 859. The standard InChI is InChI=1S/C21H22N2/c1-14(2)18-10-11-19-16(4)22-21(23-20(19)13-18)12-9-17-7-5-15(3)6-8-17/h5-14H,1-4H3/b12-9+. The first-order chi connectivity index (χ1) is 11.0. The Labute approximate surface area is 137 Å². The third-order valence-corrected chi connectivity index (χ3v) is 4.10. The molecular weight excluding hydrogens is 280 g/mol. The van der Waals surface area contributed by atoms with E-state index in [0.717, 1.165) is 28.0 Å². The molecule has 0 saturated heterocycles. The first kappa shape index (κ1) is 15.4. The van der Waals surface area contributed by atoms with E-state index in [2.05, 4.69) is 74.3 Å². The number of fused-ring (bicyclic) bond motifs is 1. The maximum atomic E-state index is 4.71. The summed E-state index contributed by atoms with van der Waals surface area (Å²) < 4.78 is 0. The second kappa shape index (κ2) is 6.33. The van der Waals surface area contributed by atoms with Crippen LogP contribution in [0.2, 0.25) is 0 Å². The molecule has 0 amide bonds. The van der Waals surface area contributed by atoms with E-state index < -0.39 is 0 Å². The first-order valence-corrected chi connectivity index (χ1v) is 8.06. The van der Waals surface area contributed by atoms with Crippen LogP contribution in [0.4, 0.5) is 0 Å². The highest BCUT2D eigenvalue weighted by Crippen LogP contribution is 2.22. The fourth-order valence-corrected chi connectivity index (χ4v) is 2.61. The van der Waals surface area contributed by atoms with Crippen molar-refractivity contribution in [3.8, 4) is 0 Å². The summed E-state index contributed by atoms with van der Waals surface area (Å²) in [6, 6.07) is 14.9. The molecular formula is C21H22N2. The van der Waals surface area contributed by atoms with Crippen molar-refractivity contribution in [1.29, 1.82) is 0 Å². The van der Waals surface area contributed by atoms with Gasteiger partial charge in [-0.05, 0) is 43.0 Å². The zero-order valence-electron chi connectivity index (χ0n) is 14.2. The van der Waals surface area contributed by atoms with Crippen LogP contribution >= 0.6 is 0 Å². The number of nitrogens with zero attached hydrogens (tertiary/aromatic N) is 2. The molecule has 2 nitrogen and oxygen atoms in total. The summed E-state index contributed by atoms with van der Waals surface area (Å²) in [5, 5.41) is 1.13. The first-order valence-electron chi connectivity index (χ1n) is 8.06. The van der Waals surface area contributed by atoms with E-state index in [0.29, 0.717) is 5.92 Å². The molecule has 3 rings (SSSR count). The number of aromatic nitrogens is 2. The Morgan fingerprint density at radius 2 is 1.61 bits per heavy atom. The molecule has 2 heteroatoms. The molecule has 0 bridgehead atoms. The van der Waals surface area contributed by atoms with Crippen LogP contribution in [0.1, 0.15) is 48.0 Å². The molecule has 0 radical (unpaired) electrons. The molecule has 0 spiro atoms. The number of rotatable bonds is 3. The summed E-state index contributed by atoms with van der Waals surface area (Å²) in [6.07, 6.45) is 4.05. The van der Waals surface area contributed by atoms with Gasteiger partial charge in [0.1, 0.15) is 0 Å². The summed E-state index contributed by atoms with van der Waals surface area (Å²) in [5.74, 6) is 1.26. The molecule has 0 unspecified atom stereocenters. The van der Waals surface area contributed by atoms with E-state index in [4.69, 9.17) is 4.98 Å². The molecule has 0 N–H and O–H groups in total. The molecule has 3 aromatic rings. The third-order valence-electron chi connectivity index (χ3n) is 4.10. The summed E-state index contributed by atoms with van der Waals surface area (Å²) >= 11 is 0. The zero-order valence-corrected chi connectivity index (χ0v) is 14.2. The molecule has 0 atom stereocenters. The van der Waals surface area contributed by atoms with Gasteiger partial charge in [-0.2, -0.15) is 0 Å². The Balaban J connectivity index is 1.99. The van der Waals surface area contributed by atoms with Crippen molar-refractivity contribution in [2.45, 2.75) is 33.6 Å². The number of aryl methyl sites for hydroxylation is 2. The molecule has 0 fully saturated rings. The highest BCUT2D eigenvalue weighted by molar-refractivity contribution is 5.83. The van der Waals surface area contributed by atoms with Crippen LogP contribution in [0.15, 0.2) is 42.5 Å². The van der Waals surface area contributed by atoms with Crippen molar-refractivity contribution in [3.05, 3.63) is 70.7 Å². The predicted octanol–water partition coefficient (Wildman–Crippen LogP) is 5.54. The lowest BCUT2D eigenvalue weighted by Crippen LogP contribution is -1.95. The van der Waals surface area contributed by atoms with Gasteiger partial charge in [0.2, 0.25) is 0 Å². The van der Waals surface area contributed by atoms with Crippen LogP contribution < -0.4 is 0 Å². The van der Waals surface area contributed by atoms with Crippen LogP contribution in [-0.2, 0) is 0 Å². The van der Waals surface area contributed by atoms with Gasteiger partial charge in [-0.3, -0.25) is 0 Å². The monoisotopic (exact) mass is 302 g/mol. The fourth-order valence-electron chi connectivity index (χ4n) is 2.61. The smallest absolute Gasteiger partial charge is 0.152 e. The molecule has 0 aliphatic heterocycles. The van der Waals surface area contributed by atoms with E-state index in [9.17, 15) is 0 Å². The highest BCUT2D eigenvalue weighted by Gasteiger charge is 2.06. The van der Waals surface area contributed by atoms with E-state index in [1.807, 2.05) is 13.0 Å². The van der Waals surface area contributed by atoms with Gasteiger partial charge in [-0.1, -0.05) is 61.9 Å². The molecule has 0 aliphatic carbocycles. The number of hydrogen-bond donors (Lipinski definition) is 0. The number of benzene rings is 2. The van der Waals surface area contributed by atoms with Gasteiger partial charge in [-0.15, -0.1) is 0 Å². The molecule has 2 aromatic carbocycles. The van der Waals surface area contributed by atoms with Crippen LogP contribution in [-0.4, -0.2) is 9.97 Å². The van der Waals surface area contributed by atoms with Crippen LogP contribution in [0.5, 0.6) is 0 Å². The van der Waals surface area contributed by atoms with Crippen LogP contribution in [0.25, 0.3) is 23.1 Å². The summed E-state index contributed by atoms with van der Waals surface area (Å²) in [4.78, 5) is 9.32. The van der Waals surface area contributed by atoms with Crippen molar-refractivity contribution in [2.75, 3.05) is 0 Å². The van der Waals surface area contributed by atoms with Crippen molar-refractivity contribution < 1.29 is 0 Å². The van der Waals surface area contributed by atoms with Crippen molar-refractivity contribution in [3.63, 3.8) is 0 Å². The quantitative estimate of drug-likeness (QED) is 0.634. The van der Waals surface area contributed by atoms with Gasteiger partial charge < -0.3 is 0 Å². The second-order valence-electron chi connectivity index (χ2n) is 6.34. The van der Waals surface area contributed by atoms with Gasteiger partial charge in [0, 0.05) is 11.1 Å². The van der Waals surface area contributed by atoms with E-state index in [-0.39, 0.29) is 0 Å². The summed E-state index contributed by atoms with van der Waals surface area (Å²) in [7, 11) is 0. The molecule has 0 saturated carbocycles. The van der Waals surface area contributed by atoms with Crippen LogP contribution in [0, 0.1) is 13.8 Å². The molecule has 23 heavy (non-hydrogen) atoms. The molecule has 0 aliphatic rings. The van der Waals surface area contributed by atoms with Gasteiger partial charge in [0.05, 0.1) is 5.52 Å². The molecule has 1 heterocycles. The van der Waals surface area contributed by atoms with Gasteiger partial charge in [-0.25, -0.2) is 9.97 Å². The van der Waals surface area contributed by atoms with Gasteiger partial charge >= 0.3 is 0 Å². The summed E-state index contributed by atoms with van der Waals surface area (Å²) in [6.45, 7) is 8.54. The zero-order chi connectivity index (χ0) is 16.4. The lowest BCUT2D eigenvalue weighted by atomic mass is 10.0. The van der Waals surface area contributed by atoms with E-state index in [1.54, 1.807) is 0 Å². The highest BCUT2D eigenvalue weighted by atomic mass is 14.9. The molecule has 1 aromatic heterocycles. The lowest BCUT2D eigenvalue weighted by Gasteiger charge is -2.08. The Morgan fingerprint density at radius 1 is 0.870 bits per heavy atom.